The van der Waals surface area contributed by atoms with E-state index < -0.39 is 0 Å². The average molecular weight is 291 g/mol. The van der Waals surface area contributed by atoms with Gasteiger partial charge in [0, 0.05) is 29.5 Å². The molecule has 2 N–H and O–H groups in total. The molecule has 2 aromatic rings. The number of rotatable bonds is 2. The van der Waals surface area contributed by atoms with Crippen molar-refractivity contribution in [3.05, 3.63) is 53.1 Å². The minimum Gasteiger partial charge on any atom is -0.508 e. The number of carbonyl (C=O) groups excluding carboxylic acids is 1. The van der Waals surface area contributed by atoms with Gasteiger partial charge >= 0.3 is 6.03 Å². The third kappa shape index (κ3) is 3.22. The summed E-state index contributed by atoms with van der Waals surface area (Å²) < 4.78 is 0. The monoisotopic (exact) mass is 290 g/mol. The van der Waals surface area contributed by atoms with Crippen LogP contribution in [0.1, 0.15) is 5.56 Å². The highest BCUT2D eigenvalue weighted by Gasteiger charge is 2.11. The van der Waals surface area contributed by atoms with Crippen LogP contribution in [0.3, 0.4) is 0 Å². The van der Waals surface area contributed by atoms with Crippen molar-refractivity contribution < 1.29 is 9.90 Å². The molecular weight excluding hydrogens is 276 g/mol. The number of hydrogen-bond donors (Lipinski definition) is 2. The fraction of sp³-hybridized carbons (Fsp3) is 0.133. The molecular formula is C15H15ClN2O2. The van der Waals surface area contributed by atoms with Gasteiger partial charge in [-0.15, -0.1) is 0 Å². The van der Waals surface area contributed by atoms with Crippen LogP contribution in [0.25, 0.3) is 0 Å². The van der Waals surface area contributed by atoms with Crippen LogP contribution < -0.4 is 10.2 Å². The molecule has 0 aliphatic rings. The third-order valence-corrected chi connectivity index (χ3v) is 3.35. The lowest BCUT2D eigenvalue weighted by Crippen LogP contribution is -2.31. The molecule has 0 saturated heterocycles. The van der Waals surface area contributed by atoms with Gasteiger partial charge in [-0.3, -0.25) is 4.90 Å². The lowest BCUT2D eigenvalue weighted by molar-refractivity contribution is 0.258. The Balaban J connectivity index is 2.13. The largest absolute Gasteiger partial charge is 0.508 e. The van der Waals surface area contributed by atoms with E-state index in [1.54, 1.807) is 37.4 Å². The minimum absolute atomic E-state index is 0.112. The first kappa shape index (κ1) is 14.2. The Kier molecular flexibility index (Phi) is 4.15. The van der Waals surface area contributed by atoms with E-state index >= 15 is 0 Å². The van der Waals surface area contributed by atoms with Gasteiger partial charge in [-0.1, -0.05) is 23.7 Å². The SMILES string of the molecule is Cc1ccc(NC(=O)N(C)c2cccc(O)c2)cc1Cl. The summed E-state index contributed by atoms with van der Waals surface area (Å²) in [6.45, 7) is 1.90. The van der Waals surface area contributed by atoms with Crippen molar-refractivity contribution in [3.8, 4) is 5.75 Å². The maximum Gasteiger partial charge on any atom is 0.326 e. The first-order valence-electron chi connectivity index (χ1n) is 6.07. The summed E-state index contributed by atoms with van der Waals surface area (Å²) in [6.07, 6.45) is 0. The van der Waals surface area contributed by atoms with Crippen molar-refractivity contribution >= 4 is 29.0 Å². The van der Waals surface area contributed by atoms with Crippen LogP contribution in [0.15, 0.2) is 42.5 Å². The maximum absolute atomic E-state index is 12.1. The fourth-order valence-electron chi connectivity index (χ4n) is 1.70. The summed E-state index contributed by atoms with van der Waals surface area (Å²) in [4.78, 5) is 13.5. The molecule has 0 atom stereocenters. The number of nitrogens with one attached hydrogen (secondary N) is 1. The van der Waals surface area contributed by atoms with Crippen molar-refractivity contribution in [2.75, 3.05) is 17.3 Å². The molecule has 0 unspecified atom stereocenters. The quantitative estimate of drug-likeness (QED) is 0.877. The zero-order valence-electron chi connectivity index (χ0n) is 11.2. The summed E-state index contributed by atoms with van der Waals surface area (Å²) in [6, 6.07) is 11.5. The molecule has 0 fully saturated rings. The summed E-state index contributed by atoms with van der Waals surface area (Å²) in [5.41, 5.74) is 2.17. The van der Waals surface area contributed by atoms with Crippen molar-refractivity contribution in [2.45, 2.75) is 6.92 Å². The number of nitrogens with zero attached hydrogens (tertiary/aromatic N) is 1. The molecule has 0 radical (unpaired) electrons. The van der Waals surface area contributed by atoms with Gasteiger partial charge in [-0.25, -0.2) is 4.79 Å². The van der Waals surface area contributed by atoms with E-state index in [-0.39, 0.29) is 11.8 Å². The molecule has 0 aliphatic heterocycles. The second-order valence-electron chi connectivity index (χ2n) is 4.47. The van der Waals surface area contributed by atoms with Crippen LogP contribution in [0, 0.1) is 6.92 Å². The highest BCUT2D eigenvalue weighted by molar-refractivity contribution is 6.31. The molecule has 0 heterocycles. The van der Waals surface area contributed by atoms with Gasteiger partial charge in [0.1, 0.15) is 5.75 Å². The van der Waals surface area contributed by atoms with E-state index in [1.165, 1.54) is 11.0 Å². The molecule has 0 spiro atoms. The Bertz CT molecular complexity index is 644. The molecule has 2 aromatic carbocycles. The number of anilines is 2. The van der Waals surface area contributed by atoms with E-state index in [1.807, 2.05) is 13.0 Å². The number of hydrogen-bond acceptors (Lipinski definition) is 2. The van der Waals surface area contributed by atoms with E-state index in [0.29, 0.717) is 16.4 Å². The predicted octanol–water partition coefficient (Wildman–Crippen LogP) is 4.02. The van der Waals surface area contributed by atoms with Crippen molar-refractivity contribution in [2.24, 2.45) is 0 Å². The molecule has 0 aliphatic carbocycles. The van der Waals surface area contributed by atoms with E-state index in [0.717, 1.165) is 5.56 Å². The lowest BCUT2D eigenvalue weighted by Gasteiger charge is -2.18. The minimum atomic E-state index is -0.310. The van der Waals surface area contributed by atoms with Gasteiger partial charge in [0.2, 0.25) is 0 Å². The molecule has 2 rings (SSSR count). The molecule has 0 saturated carbocycles. The van der Waals surface area contributed by atoms with Gasteiger partial charge < -0.3 is 10.4 Å². The number of phenolic OH excluding ortho intramolecular Hbond substituents is 1. The Hall–Kier alpha value is -2.20. The second-order valence-corrected chi connectivity index (χ2v) is 4.88. The Morgan fingerprint density at radius 1 is 1.25 bits per heavy atom. The number of amides is 2. The molecule has 5 heteroatoms. The van der Waals surface area contributed by atoms with Gasteiger partial charge in [-0.05, 0) is 36.8 Å². The smallest absolute Gasteiger partial charge is 0.326 e. The van der Waals surface area contributed by atoms with Gasteiger partial charge in [0.25, 0.3) is 0 Å². The van der Waals surface area contributed by atoms with Gasteiger partial charge in [-0.2, -0.15) is 0 Å². The maximum atomic E-state index is 12.1. The molecule has 20 heavy (non-hydrogen) atoms. The molecule has 4 nitrogen and oxygen atoms in total. The van der Waals surface area contributed by atoms with E-state index in [2.05, 4.69) is 5.32 Å². The zero-order valence-corrected chi connectivity index (χ0v) is 12.0. The topological polar surface area (TPSA) is 52.6 Å². The number of carbonyl (C=O) groups is 1. The van der Waals surface area contributed by atoms with E-state index in [4.69, 9.17) is 11.6 Å². The third-order valence-electron chi connectivity index (χ3n) is 2.94. The highest BCUT2D eigenvalue weighted by atomic mass is 35.5. The number of benzene rings is 2. The number of aromatic hydroxyl groups is 1. The standard InChI is InChI=1S/C15H15ClN2O2/c1-10-6-7-11(8-14(10)16)17-15(20)18(2)12-4-3-5-13(19)9-12/h3-9,19H,1-2H3,(H,17,20). The van der Waals surface area contributed by atoms with Crippen LogP contribution >= 0.6 is 11.6 Å². The zero-order chi connectivity index (χ0) is 14.7. The van der Waals surface area contributed by atoms with Crippen LogP contribution in [0.4, 0.5) is 16.2 Å². The summed E-state index contributed by atoms with van der Waals surface area (Å²) in [5, 5.41) is 12.8. The highest BCUT2D eigenvalue weighted by Crippen LogP contribution is 2.22. The van der Waals surface area contributed by atoms with Crippen molar-refractivity contribution in [1.29, 1.82) is 0 Å². The first-order chi connectivity index (χ1) is 9.47. The van der Waals surface area contributed by atoms with Crippen LogP contribution in [-0.2, 0) is 0 Å². The number of halogens is 1. The Morgan fingerprint density at radius 3 is 2.65 bits per heavy atom. The van der Waals surface area contributed by atoms with Crippen LogP contribution in [0.2, 0.25) is 5.02 Å². The van der Waals surface area contributed by atoms with Crippen molar-refractivity contribution in [3.63, 3.8) is 0 Å². The summed E-state index contributed by atoms with van der Waals surface area (Å²) >= 11 is 6.02. The molecule has 104 valence electrons. The average Bonchev–Trinajstić information content (AvgIpc) is 2.42. The van der Waals surface area contributed by atoms with Crippen LogP contribution in [0.5, 0.6) is 5.75 Å². The van der Waals surface area contributed by atoms with E-state index in [9.17, 15) is 9.90 Å². The number of urea groups is 1. The molecule has 0 bridgehead atoms. The molecule has 2 amide bonds. The fourth-order valence-corrected chi connectivity index (χ4v) is 1.88. The normalized spacial score (nSPS) is 10.2. The number of phenols is 1. The second kappa shape index (κ2) is 5.84. The van der Waals surface area contributed by atoms with Crippen molar-refractivity contribution in [1.82, 2.24) is 0 Å². The van der Waals surface area contributed by atoms with Gasteiger partial charge in [0.05, 0.1) is 0 Å². The lowest BCUT2D eigenvalue weighted by atomic mass is 10.2. The summed E-state index contributed by atoms with van der Waals surface area (Å²) in [7, 11) is 1.62. The van der Waals surface area contributed by atoms with Gasteiger partial charge in [0.15, 0.2) is 0 Å². The Morgan fingerprint density at radius 2 is 2.00 bits per heavy atom. The summed E-state index contributed by atoms with van der Waals surface area (Å²) in [5.74, 6) is 0.112. The Labute approximate surface area is 122 Å². The predicted molar refractivity (Wildman–Crippen MR) is 81.7 cm³/mol. The first-order valence-corrected chi connectivity index (χ1v) is 6.45. The van der Waals surface area contributed by atoms with Crippen LogP contribution in [-0.4, -0.2) is 18.2 Å². The number of aryl methyl sites for hydroxylation is 1. The molecule has 0 aromatic heterocycles.